The van der Waals surface area contributed by atoms with Crippen LogP contribution in [0.2, 0.25) is 0 Å². The van der Waals surface area contributed by atoms with Crippen LogP contribution in [0.1, 0.15) is 29.7 Å². The van der Waals surface area contributed by atoms with Crippen LogP contribution in [0.15, 0.2) is 67.3 Å². The van der Waals surface area contributed by atoms with Gasteiger partial charge in [0.1, 0.15) is 17.9 Å². The molecule has 0 unspecified atom stereocenters. The number of ether oxygens (including phenoxy) is 1. The Morgan fingerprint density at radius 1 is 1.14 bits per heavy atom. The van der Waals surface area contributed by atoms with Gasteiger partial charge in [-0.05, 0) is 54.8 Å². The molecule has 0 aliphatic heterocycles. The zero-order chi connectivity index (χ0) is 19.9. The summed E-state index contributed by atoms with van der Waals surface area (Å²) in [5.74, 6) is 0.594. The van der Waals surface area contributed by atoms with Crippen molar-refractivity contribution in [2.24, 2.45) is 0 Å². The summed E-state index contributed by atoms with van der Waals surface area (Å²) in [7, 11) is 0. The first-order valence-electron chi connectivity index (χ1n) is 8.79. The van der Waals surface area contributed by atoms with Crippen molar-refractivity contribution in [2.75, 3.05) is 0 Å². The van der Waals surface area contributed by atoms with Crippen molar-refractivity contribution in [3.63, 3.8) is 0 Å². The fraction of sp³-hybridized carbons (Fsp3) is 0.136. The molecule has 3 aromatic rings. The molecule has 0 fully saturated rings. The Bertz CT molecular complexity index is 990. The third-order valence-electron chi connectivity index (χ3n) is 4.11. The third kappa shape index (κ3) is 5.23. The quantitative estimate of drug-likeness (QED) is 0.637. The van der Waals surface area contributed by atoms with Gasteiger partial charge in [-0.25, -0.2) is 14.4 Å². The second-order valence-corrected chi connectivity index (χ2v) is 6.32. The Hall–Kier alpha value is -3.54. The van der Waals surface area contributed by atoms with Gasteiger partial charge >= 0.3 is 0 Å². The van der Waals surface area contributed by atoms with Crippen LogP contribution in [0.4, 0.5) is 4.39 Å². The summed E-state index contributed by atoms with van der Waals surface area (Å²) in [5, 5.41) is 2.88. The number of carbonyl (C=O) groups excluding carboxylic acids is 1. The maximum atomic E-state index is 13.6. The summed E-state index contributed by atoms with van der Waals surface area (Å²) in [6.45, 7) is 3.57. The number of carbonyl (C=O) groups is 1. The van der Waals surface area contributed by atoms with Crippen LogP contribution in [0.25, 0.3) is 6.08 Å². The molecule has 0 saturated carbocycles. The minimum Gasteiger partial charge on any atom is -0.454 e. The molecule has 0 bridgehead atoms. The first-order chi connectivity index (χ1) is 13.5. The molecule has 1 aromatic heterocycles. The van der Waals surface area contributed by atoms with E-state index >= 15 is 0 Å². The normalized spacial score (nSPS) is 12.0. The number of nitrogens with zero attached hydrogens (tertiary/aromatic N) is 2. The van der Waals surface area contributed by atoms with E-state index in [1.54, 1.807) is 37.5 Å². The number of benzene rings is 2. The lowest BCUT2D eigenvalue weighted by Crippen LogP contribution is -2.24. The number of amides is 1. The van der Waals surface area contributed by atoms with Crippen LogP contribution >= 0.6 is 0 Å². The Morgan fingerprint density at radius 3 is 2.68 bits per heavy atom. The maximum Gasteiger partial charge on any atom is 0.244 e. The van der Waals surface area contributed by atoms with Gasteiger partial charge in [0.2, 0.25) is 5.91 Å². The molecule has 0 saturated heterocycles. The molecular weight excluding hydrogens is 357 g/mol. The molecule has 1 N–H and O–H groups in total. The number of nitrogens with one attached hydrogen (secondary N) is 1. The fourth-order valence-corrected chi connectivity index (χ4v) is 2.55. The molecule has 5 nitrogen and oxygen atoms in total. The summed E-state index contributed by atoms with van der Waals surface area (Å²) in [6, 6.07) is 12.0. The van der Waals surface area contributed by atoms with Crippen LogP contribution in [-0.4, -0.2) is 15.9 Å². The molecule has 1 atom stereocenters. The minimum absolute atomic E-state index is 0.234. The SMILES string of the molecule is Cc1ccc(C=CC(=O)N[C@@H](C)c2cccc(Oc3cncnc3)c2)cc1F. The predicted octanol–water partition coefficient (Wildman–Crippen LogP) is 4.61. The zero-order valence-electron chi connectivity index (χ0n) is 15.6. The first kappa shape index (κ1) is 19.2. The number of hydrogen-bond acceptors (Lipinski definition) is 4. The van der Waals surface area contributed by atoms with Crippen molar-refractivity contribution in [1.82, 2.24) is 15.3 Å². The second-order valence-electron chi connectivity index (χ2n) is 6.32. The first-order valence-corrected chi connectivity index (χ1v) is 8.79. The molecule has 0 aliphatic rings. The lowest BCUT2D eigenvalue weighted by Gasteiger charge is -2.14. The zero-order valence-corrected chi connectivity index (χ0v) is 15.6. The maximum absolute atomic E-state index is 13.6. The Balaban J connectivity index is 1.62. The number of rotatable bonds is 6. The second kappa shape index (κ2) is 8.90. The minimum atomic E-state index is -0.295. The van der Waals surface area contributed by atoms with Gasteiger partial charge in [-0.3, -0.25) is 4.79 Å². The fourth-order valence-electron chi connectivity index (χ4n) is 2.55. The van der Waals surface area contributed by atoms with E-state index in [0.717, 1.165) is 5.56 Å². The molecule has 2 aromatic carbocycles. The highest BCUT2D eigenvalue weighted by Crippen LogP contribution is 2.23. The van der Waals surface area contributed by atoms with Gasteiger partial charge in [0, 0.05) is 6.08 Å². The molecule has 0 aliphatic carbocycles. The van der Waals surface area contributed by atoms with E-state index in [9.17, 15) is 9.18 Å². The average Bonchev–Trinajstić information content (AvgIpc) is 2.70. The molecule has 0 spiro atoms. The third-order valence-corrected chi connectivity index (χ3v) is 4.11. The molecule has 0 radical (unpaired) electrons. The number of aromatic nitrogens is 2. The van der Waals surface area contributed by atoms with Crippen molar-refractivity contribution in [2.45, 2.75) is 19.9 Å². The molecule has 142 valence electrons. The van der Waals surface area contributed by atoms with Crippen LogP contribution in [0, 0.1) is 12.7 Å². The Morgan fingerprint density at radius 2 is 1.93 bits per heavy atom. The Labute approximate surface area is 162 Å². The van der Waals surface area contributed by atoms with Crippen molar-refractivity contribution in [1.29, 1.82) is 0 Å². The van der Waals surface area contributed by atoms with Gasteiger partial charge in [-0.15, -0.1) is 0 Å². The van der Waals surface area contributed by atoms with Crippen LogP contribution < -0.4 is 10.1 Å². The van der Waals surface area contributed by atoms with Gasteiger partial charge in [0.15, 0.2) is 5.75 Å². The summed E-state index contributed by atoms with van der Waals surface area (Å²) >= 11 is 0. The summed E-state index contributed by atoms with van der Waals surface area (Å²) in [5.41, 5.74) is 2.09. The highest BCUT2D eigenvalue weighted by molar-refractivity contribution is 5.92. The van der Waals surface area contributed by atoms with Gasteiger partial charge in [-0.2, -0.15) is 0 Å². The van der Waals surface area contributed by atoms with Crippen molar-refractivity contribution >= 4 is 12.0 Å². The van der Waals surface area contributed by atoms with E-state index in [4.69, 9.17) is 4.74 Å². The highest BCUT2D eigenvalue weighted by atomic mass is 19.1. The molecule has 1 heterocycles. The van der Waals surface area contributed by atoms with E-state index < -0.39 is 0 Å². The van der Waals surface area contributed by atoms with E-state index in [1.165, 1.54) is 18.5 Å². The van der Waals surface area contributed by atoms with E-state index in [1.807, 2.05) is 31.2 Å². The molecule has 28 heavy (non-hydrogen) atoms. The molecule has 6 heteroatoms. The van der Waals surface area contributed by atoms with Gasteiger partial charge in [0.25, 0.3) is 0 Å². The monoisotopic (exact) mass is 377 g/mol. The summed E-state index contributed by atoms with van der Waals surface area (Å²) in [6.07, 6.45) is 7.55. The van der Waals surface area contributed by atoms with E-state index in [0.29, 0.717) is 22.6 Å². The lowest BCUT2D eigenvalue weighted by molar-refractivity contribution is -0.117. The molecular formula is C22H20FN3O2. The van der Waals surface area contributed by atoms with E-state index in [-0.39, 0.29) is 17.8 Å². The van der Waals surface area contributed by atoms with Crippen molar-refractivity contribution in [3.8, 4) is 11.5 Å². The highest BCUT2D eigenvalue weighted by Gasteiger charge is 2.09. The predicted molar refractivity (Wildman–Crippen MR) is 105 cm³/mol. The number of halogens is 1. The standard InChI is InChI=1S/C22H20FN3O2/c1-15-6-7-17(10-21(15)23)8-9-22(27)26-16(2)18-4-3-5-19(11-18)28-20-12-24-14-25-13-20/h3-14,16H,1-2H3,(H,26,27)/t16-/m0/s1. The van der Waals surface area contributed by atoms with Crippen molar-refractivity contribution in [3.05, 3.63) is 89.8 Å². The topological polar surface area (TPSA) is 64.1 Å². The van der Waals surface area contributed by atoms with E-state index in [2.05, 4.69) is 15.3 Å². The van der Waals surface area contributed by atoms with Gasteiger partial charge < -0.3 is 10.1 Å². The van der Waals surface area contributed by atoms with Gasteiger partial charge in [-0.1, -0.05) is 24.3 Å². The largest absolute Gasteiger partial charge is 0.454 e. The van der Waals surface area contributed by atoms with Gasteiger partial charge in [0.05, 0.1) is 18.4 Å². The summed E-state index contributed by atoms with van der Waals surface area (Å²) in [4.78, 5) is 20.0. The molecule has 1 amide bonds. The smallest absolute Gasteiger partial charge is 0.244 e. The average molecular weight is 377 g/mol. The summed E-state index contributed by atoms with van der Waals surface area (Å²) < 4.78 is 19.3. The van der Waals surface area contributed by atoms with Crippen LogP contribution in [0.3, 0.4) is 0 Å². The van der Waals surface area contributed by atoms with Crippen molar-refractivity contribution < 1.29 is 13.9 Å². The number of hydrogen-bond donors (Lipinski definition) is 1. The lowest BCUT2D eigenvalue weighted by atomic mass is 10.1. The number of aryl methyl sites for hydroxylation is 1. The van der Waals surface area contributed by atoms with Crippen LogP contribution in [-0.2, 0) is 4.79 Å². The van der Waals surface area contributed by atoms with Crippen LogP contribution in [0.5, 0.6) is 11.5 Å². The molecule has 3 rings (SSSR count). The Kier molecular flexibility index (Phi) is 6.11.